The summed E-state index contributed by atoms with van der Waals surface area (Å²) in [6.45, 7) is 8.23. The lowest BCUT2D eigenvalue weighted by atomic mass is 9.86. The molecular formula is C45H53FN8O5. The molecule has 4 aromatic rings. The van der Waals surface area contributed by atoms with E-state index in [4.69, 9.17) is 14.5 Å². The lowest BCUT2D eigenvalue weighted by Gasteiger charge is -2.40. The predicted molar refractivity (Wildman–Crippen MR) is 221 cm³/mol. The summed E-state index contributed by atoms with van der Waals surface area (Å²) < 4.78 is 28.9. The molecule has 1 unspecified atom stereocenters. The monoisotopic (exact) mass is 804 g/mol. The average molecular weight is 805 g/mol. The number of nitrogens with zero attached hydrogens (tertiary/aromatic N) is 6. The summed E-state index contributed by atoms with van der Waals surface area (Å²) in [7, 11) is 0. The first-order valence-electron chi connectivity index (χ1n) is 21.6. The third-order valence-electron chi connectivity index (χ3n) is 13.7. The smallest absolute Gasteiger partial charge is 0.255 e. The van der Waals surface area contributed by atoms with E-state index in [0.29, 0.717) is 41.9 Å². The van der Waals surface area contributed by atoms with Crippen molar-refractivity contribution >= 4 is 40.1 Å². The van der Waals surface area contributed by atoms with E-state index < -0.39 is 11.9 Å². The molecule has 2 aliphatic carbocycles. The van der Waals surface area contributed by atoms with Crippen LogP contribution in [0.4, 0.5) is 15.9 Å². The molecule has 10 rings (SSSR count). The van der Waals surface area contributed by atoms with E-state index in [9.17, 15) is 14.4 Å². The number of fused-ring (bicyclic) bond motifs is 2. The molecule has 14 heteroatoms. The van der Waals surface area contributed by atoms with Crippen molar-refractivity contribution in [2.24, 2.45) is 5.92 Å². The third-order valence-corrected chi connectivity index (χ3v) is 13.7. The van der Waals surface area contributed by atoms with E-state index in [1.807, 2.05) is 24.4 Å². The molecule has 2 saturated carbocycles. The summed E-state index contributed by atoms with van der Waals surface area (Å²) in [4.78, 5) is 50.3. The van der Waals surface area contributed by atoms with Crippen LogP contribution in [0.2, 0.25) is 0 Å². The Kier molecular flexibility index (Phi) is 10.0. The molecule has 2 N–H and O–H groups in total. The minimum Gasteiger partial charge on any atom is -0.488 e. The van der Waals surface area contributed by atoms with Gasteiger partial charge in [-0.1, -0.05) is 0 Å². The number of H-pyrrole nitrogens is 1. The summed E-state index contributed by atoms with van der Waals surface area (Å²) >= 11 is 0. The number of ether oxygens (including phenoxy) is 2. The normalized spacial score (nSPS) is 25.1. The molecule has 310 valence electrons. The van der Waals surface area contributed by atoms with Gasteiger partial charge in [-0.05, 0) is 113 Å². The Hall–Kier alpha value is -5.08. The number of carbonyl (C=O) groups is 3. The van der Waals surface area contributed by atoms with Gasteiger partial charge in [-0.25, -0.2) is 9.37 Å². The molecule has 1 atom stereocenters. The number of piperidine rings is 2. The van der Waals surface area contributed by atoms with Crippen LogP contribution in [0.5, 0.6) is 5.75 Å². The van der Waals surface area contributed by atoms with Crippen molar-refractivity contribution < 1.29 is 28.2 Å². The fourth-order valence-electron chi connectivity index (χ4n) is 9.89. The highest BCUT2D eigenvalue weighted by atomic mass is 19.1. The SMILES string of the molecule is CC1(Oc2ccc3[nH]nc(-c4ccnc(N5CCC(OC6CCC(CN7CCN(c8ccc9c(c8F)CN(C8CCC(=O)NC8=O)C9=O)CC7)CC6)CC5)c4)c3c2)CC1. The highest BCUT2D eigenvalue weighted by molar-refractivity contribution is 6.05. The zero-order chi connectivity index (χ0) is 40.3. The molecule has 2 aromatic heterocycles. The lowest BCUT2D eigenvalue weighted by Crippen LogP contribution is -2.52. The third kappa shape index (κ3) is 7.77. The molecule has 59 heavy (non-hydrogen) atoms. The van der Waals surface area contributed by atoms with Gasteiger partial charge >= 0.3 is 0 Å². The molecular weight excluding hydrogens is 752 g/mol. The van der Waals surface area contributed by atoms with Gasteiger partial charge in [0.25, 0.3) is 5.91 Å². The number of carbonyl (C=O) groups excluding carboxylic acids is 3. The summed E-state index contributed by atoms with van der Waals surface area (Å²) in [6, 6.07) is 13.0. The van der Waals surface area contributed by atoms with Crippen LogP contribution in [0.25, 0.3) is 22.2 Å². The van der Waals surface area contributed by atoms with Crippen molar-refractivity contribution in [1.29, 1.82) is 0 Å². The largest absolute Gasteiger partial charge is 0.488 e. The van der Waals surface area contributed by atoms with Gasteiger partial charge in [0.15, 0.2) is 5.82 Å². The van der Waals surface area contributed by atoms with Gasteiger partial charge < -0.3 is 24.2 Å². The molecule has 6 heterocycles. The van der Waals surface area contributed by atoms with E-state index in [-0.39, 0.29) is 48.7 Å². The second-order valence-corrected chi connectivity index (χ2v) is 17.8. The molecule has 0 bridgehead atoms. The maximum absolute atomic E-state index is 15.9. The van der Waals surface area contributed by atoms with Crippen molar-refractivity contribution in [3.8, 4) is 17.0 Å². The van der Waals surface area contributed by atoms with E-state index in [1.165, 1.54) is 4.90 Å². The standard InChI is InChI=1S/C45H53FN8O5/c1-45(15-16-45)59-32-6-8-36-34(25-32)42(50-49-36)29-12-17-47-39(24-29)53-18-13-31(14-19-53)58-30-4-2-28(3-5-30)26-51-20-22-52(23-21-51)37-9-7-33-35(41(37)46)27-54(44(33)57)38-10-11-40(55)48-43(38)56/h6-9,12,17,24-25,28,30-31,38H,2-5,10-11,13-16,18-23,26-27H2,1H3,(H,49,50)(H,48,55,56). The number of aromatic nitrogens is 3. The highest BCUT2D eigenvalue weighted by Gasteiger charge is 2.42. The Morgan fingerprint density at radius 2 is 1.64 bits per heavy atom. The fraction of sp³-hybridized carbons (Fsp3) is 0.533. The van der Waals surface area contributed by atoms with Gasteiger partial charge in [0, 0.05) is 80.5 Å². The Morgan fingerprint density at radius 3 is 2.41 bits per heavy atom. The van der Waals surface area contributed by atoms with Gasteiger partial charge in [0.05, 0.1) is 30.0 Å². The predicted octanol–water partition coefficient (Wildman–Crippen LogP) is 5.82. The van der Waals surface area contributed by atoms with Crippen LogP contribution >= 0.6 is 0 Å². The maximum atomic E-state index is 15.9. The summed E-state index contributed by atoms with van der Waals surface area (Å²) in [6.07, 6.45) is 11.6. The Bertz CT molecular complexity index is 2250. The number of halogens is 1. The lowest BCUT2D eigenvalue weighted by molar-refractivity contribution is -0.136. The van der Waals surface area contributed by atoms with Crippen molar-refractivity contribution in [3.63, 3.8) is 0 Å². The van der Waals surface area contributed by atoms with Crippen LogP contribution in [0.3, 0.4) is 0 Å². The number of imide groups is 1. The molecule has 5 fully saturated rings. The second kappa shape index (κ2) is 15.5. The van der Waals surface area contributed by atoms with Crippen LogP contribution in [0.15, 0.2) is 48.7 Å². The molecule has 6 aliphatic rings. The van der Waals surface area contributed by atoms with Crippen LogP contribution in [-0.2, 0) is 20.9 Å². The number of aromatic amines is 1. The van der Waals surface area contributed by atoms with E-state index in [0.717, 1.165) is 118 Å². The molecule has 3 amide bonds. The van der Waals surface area contributed by atoms with Crippen molar-refractivity contribution in [3.05, 3.63) is 65.6 Å². The molecule has 0 spiro atoms. The van der Waals surface area contributed by atoms with Gasteiger partial charge in [0.1, 0.15) is 28.9 Å². The number of benzene rings is 2. The maximum Gasteiger partial charge on any atom is 0.255 e. The number of amides is 3. The van der Waals surface area contributed by atoms with Gasteiger partial charge in [-0.15, -0.1) is 0 Å². The summed E-state index contributed by atoms with van der Waals surface area (Å²) in [5.74, 6) is 0.936. The van der Waals surface area contributed by atoms with Crippen LogP contribution < -0.4 is 19.9 Å². The molecule has 4 aliphatic heterocycles. The molecule has 2 aromatic carbocycles. The van der Waals surface area contributed by atoms with Gasteiger partial charge in [0.2, 0.25) is 11.8 Å². The van der Waals surface area contributed by atoms with Crippen molar-refractivity contribution in [2.45, 2.75) is 102 Å². The zero-order valence-corrected chi connectivity index (χ0v) is 33.8. The fourth-order valence-corrected chi connectivity index (χ4v) is 9.89. The van der Waals surface area contributed by atoms with Crippen LogP contribution in [-0.4, -0.2) is 112 Å². The summed E-state index contributed by atoms with van der Waals surface area (Å²) in [5, 5.41) is 11.2. The minimum atomic E-state index is -0.756. The first kappa shape index (κ1) is 38.1. The quantitative estimate of drug-likeness (QED) is 0.189. The molecule has 0 radical (unpaired) electrons. The number of nitrogens with one attached hydrogen (secondary N) is 2. The molecule has 13 nitrogen and oxygen atoms in total. The van der Waals surface area contributed by atoms with Crippen molar-refractivity contribution in [2.75, 3.05) is 55.6 Å². The Morgan fingerprint density at radius 1 is 0.864 bits per heavy atom. The number of hydrogen-bond acceptors (Lipinski definition) is 10. The highest BCUT2D eigenvalue weighted by Crippen LogP contribution is 2.41. The molecule has 3 saturated heterocycles. The number of piperazine rings is 1. The van der Waals surface area contributed by atoms with Crippen LogP contribution in [0, 0.1) is 11.7 Å². The number of hydrogen-bond donors (Lipinski definition) is 2. The minimum absolute atomic E-state index is 0.0351. The van der Waals surface area contributed by atoms with Gasteiger partial charge in [-0.2, -0.15) is 5.10 Å². The summed E-state index contributed by atoms with van der Waals surface area (Å²) in [5.41, 5.74) is 4.08. The number of pyridine rings is 1. The first-order chi connectivity index (χ1) is 28.7. The van der Waals surface area contributed by atoms with Crippen molar-refractivity contribution in [1.82, 2.24) is 30.3 Å². The van der Waals surface area contributed by atoms with Crippen LogP contribution in [0.1, 0.15) is 87.1 Å². The number of anilines is 2. The Balaban J connectivity index is 0.667. The van der Waals surface area contributed by atoms with Gasteiger partial charge in [-0.3, -0.25) is 29.7 Å². The Labute approximate surface area is 343 Å². The topological polar surface area (TPSA) is 136 Å². The first-order valence-corrected chi connectivity index (χ1v) is 21.6. The van der Waals surface area contributed by atoms with E-state index in [1.54, 1.807) is 12.1 Å². The number of rotatable bonds is 10. The van der Waals surface area contributed by atoms with E-state index >= 15 is 4.39 Å². The second-order valence-electron chi connectivity index (χ2n) is 17.8. The average Bonchev–Trinajstić information content (AvgIpc) is 3.66. The van der Waals surface area contributed by atoms with E-state index in [2.05, 4.69) is 49.3 Å². The zero-order valence-electron chi connectivity index (χ0n) is 33.8.